The minimum atomic E-state index is -0.361. The summed E-state index contributed by atoms with van der Waals surface area (Å²) < 4.78 is 8.59. The van der Waals surface area contributed by atoms with Crippen molar-refractivity contribution in [1.82, 2.24) is 9.78 Å². The lowest BCUT2D eigenvalue weighted by molar-refractivity contribution is 0.0430. The van der Waals surface area contributed by atoms with E-state index in [0.29, 0.717) is 6.42 Å². The minimum Gasteiger partial charge on any atom is -0.392 e. The quantitative estimate of drug-likeness (QED) is 0.902. The van der Waals surface area contributed by atoms with E-state index in [-0.39, 0.29) is 18.1 Å². The fraction of sp³-hybridized carbons (Fsp3) is 0.786. The second kappa shape index (κ2) is 6.37. The van der Waals surface area contributed by atoms with E-state index < -0.39 is 0 Å². The average Bonchev–Trinajstić information content (AvgIpc) is 2.95. The van der Waals surface area contributed by atoms with Gasteiger partial charge in [0.25, 0.3) is 0 Å². The Hall–Kier alpha value is -0.390. The van der Waals surface area contributed by atoms with E-state index in [1.54, 1.807) is 0 Å². The summed E-state index contributed by atoms with van der Waals surface area (Å²) >= 11 is 3.63. The van der Waals surface area contributed by atoms with Crippen molar-refractivity contribution in [3.63, 3.8) is 0 Å². The third-order valence-electron chi connectivity index (χ3n) is 4.03. The number of aliphatic hydroxyl groups excluding tert-OH is 1. The van der Waals surface area contributed by atoms with Crippen molar-refractivity contribution in [2.24, 2.45) is 5.92 Å². The molecule has 1 aromatic rings. The number of hydrogen-bond acceptors (Lipinski definition) is 3. The van der Waals surface area contributed by atoms with Crippen LogP contribution < -0.4 is 0 Å². The van der Waals surface area contributed by atoms with E-state index in [1.165, 1.54) is 0 Å². The maximum Gasteiger partial charge on any atom is 0.0766 e. The lowest BCUT2D eigenvalue weighted by atomic mass is 9.92. The van der Waals surface area contributed by atoms with Gasteiger partial charge in [-0.1, -0.05) is 6.92 Å². The van der Waals surface area contributed by atoms with Crippen molar-refractivity contribution < 1.29 is 9.84 Å². The van der Waals surface area contributed by atoms with Crippen LogP contribution >= 0.6 is 15.9 Å². The zero-order valence-corrected chi connectivity index (χ0v) is 13.5. The number of nitrogens with zero attached hydrogens (tertiary/aromatic N) is 2. The van der Waals surface area contributed by atoms with Crippen LogP contribution in [-0.4, -0.2) is 33.7 Å². The minimum absolute atomic E-state index is 0.150. The molecule has 5 heteroatoms. The molecule has 1 saturated heterocycles. The standard InChI is InChI=1S/C14H23BrN2O2/c1-4-11-14(15)12(17(5-2)16-11)8-13(18)10-6-7-19-9(10)3/h9-10,13,18H,4-8H2,1-3H3. The molecule has 0 bridgehead atoms. The van der Waals surface area contributed by atoms with E-state index in [4.69, 9.17) is 4.74 Å². The summed E-state index contributed by atoms with van der Waals surface area (Å²) in [5.41, 5.74) is 2.17. The van der Waals surface area contributed by atoms with Gasteiger partial charge in [-0.05, 0) is 42.6 Å². The molecule has 1 aromatic heterocycles. The maximum absolute atomic E-state index is 10.5. The predicted octanol–water partition coefficient (Wildman–Crippen LogP) is 2.56. The first-order valence-corrected chi connectivity index (χ1v) is 7.91. The molecule has 0 spiro atoms. The van der Waals surface area contributed by atoms with Crippen molar-refractivity contribution >= 4 is 15.9 Å². The fourth-order valence-electron chi connectivity index (χ4n) is 2.82. The van der Waals surface area contributed by atoms with Crippen molar-refractivity contribution in [3.8, 4) is 0 Å². The Bertz CT molecular complexity index is 433. The van der Waals surface area contributed by atoms with Crippen molar-refractivity contribution in [2.75, 3.05) is 6.61 Å². The molecule has 3 atom stereocenters. The van der Waals surface area contributed by atoms with Gasteiger partial charge < -0.3 is 9.84 Å². The number of rotatable bonds is 5. The molecule has 108 valence electrons. The van der Waals surface area contributed by atoms with Gasteiger partial charge in [-0.3, -0.25) is 4.68 Å². The molecule has 1 fully saturated rings. The second-order valence-corrected chi connectivity index (χ2v) is 5.97. The van der Waals surface area contributed by atoms with Gasteiger partial charge >= 0.3 is 0 Å². The van der Waals surface area contributed by atoms with Crippen LogP contribution in [0.4, 0.5) is 0 Å². The molecule has 2 rings (SSSR count). The highest BCUT2D eigenvalue weighted by Gasteiger charge is 2.32. The van der Waals surface area contributed by atoms with Gasteiger partial charge in [0.15, 0.2) is 0 Å². The molecule has 0 saturated carbocycles. The number of aryl methyl sites for hydroxylation is 2. The van der Waals surface area contributed by atoms with Gasteiger partial charge in [-0.2, -0.15) is 5.10 Å². The van der Waals surface area contributed by atoms with Gasteiger partial charge in [0.05, 0.1) is 28.1 Å². The largest absolute Gasteiger partial charge is 0.392 e. The first kappa shape index (κ1) is 15.0. The Morgan fingerprint density at radius 2 is 2.26 bits per heavy atom. The summed E-state index contributed by atoms with van der Waals surface area (Å²) in [6, 6.07) is 0. The Balaban J connectivity index is 2.15. The molecule has 0 radical (unpaired) electrons. The Labute approximate surface area is 123 Å². The van der Waals surface area contributed by atoms with Crippen LogP contribution in [0, 0.1) is 5.92 Å². The monoisotopic (exact) mass is 330 g/mol. The van der Waals surface area contributed by atoms with Gasteiger partial charge in [0.2, 0.25) is 0 Å². The summed E-state index contributed by atoms with van der Waals surface area (Å²) in [4.78, 5) is 0. The number of aliphatic hydroxyl groups is 1. The number of halogens is 1. The van der Waals surface area contributed by atoms with Crippen molar-refractivity contribution in [2.45, 2.75) is 58.8 Å². The smallest absolute Gasteiger partial charge is 0.0766 e. The fourth-order valence-corrected chi connectivity index (χ4v) is 3.54. The Morgan fingerprint density at radius 1 is 1.53 bits per heavy atom. The number of ether oxygens (including phenoxy) is 1. The van der Waals surface area contributed by atoms with E-state index >= 15 is 0 Å². The molecule has 0 aromatic carbocycles. The van der Waals surface area contributed by atoms with Gasteiger partial charge in [-0.25, -0.2) is 0 Å². The topological polar surface area (TPSA) is 47.3 Å². The Morgan fingerprint density at radius 3 is 2.79 bits per heavy atom. The van der Waals surface area contributed by atoms with Crippen LogP contribution in [-0.2, 0) is 24.1 Å². The lowest BCUT2D eigenvalue weighted by Gasteiger charge is -2.21. The van der Waals surface area contributed by atoms with Crippen molar-refractivity contribution in [3.05, 3.63) is 15.9 Å². The third kappa shape index (κ3) is 3.03. The average molecular weight is 331 g/mol. The second-order valence-electron chi connectivity index (χ2n) is 5.18. The molecule has 2 heterocycles. The molecular formula is C14H23BrN2O2. The summed E-state index contributed by atoms with van der Waals surface area (Å²) in [7, 11) is 0. The molecule has 1 aliphatic rings. The van der Waals surface area contributed by atoms with Crippen LogP contribution in [0.15, 0.2) is 4.47 Å². The molecule has 0 aliphatic carbocycles. The zero-order valence-electron chi connectivity index (χ0n) is 11.9. The van der Waals surface area contributed by atoms with Crippen molar-refractivity contribution in [1.29, 1.82) is 0 Å². The lowest BCUT2D eigenvalue weighted by Crippen LogP contribution is -2.29. The van der Waals surface area contributed by atoms with Gasteiger partial charge in [0, 0.05) is 25.5 Å². The molecule has 1 aliphatic heterocycles. The number of hydrogen-bond donors (Lipinski definition) is 1. The van der Waals surface area contributed by atoms with Gasteiger partial charge in [-0.15, -0.1) is 0 Å². The Kier molecular flexibility index (Phi) is 5.03. The molecule has 4 nitrogen and oxygen atoms in total. The van der Waals surface area contributed by atoms with E-state index in [9.17, 15) is 5.11 Å². The summed E-state index contributed by atoms with van der Waals surface area (Å²) in [5, 5.41) is 15.0. The number of aromatic nitrogens is 2. The van der Waals surface area contributed by atoms with E-state index in [2.05, 4.69) is 34.9 Å². The molecule has 0 amide bonds. The zero-order chi connectivity index (χ0) is 14.0. The van der Waals surface area contributed by atoms with E-state index in [0.717, 1.165) is 41.9 Å². The van der Waals surface area contributed by atoms with Crippen LogP contribution in [0.2, 0.25) is 0 Å². The first-order chi connectivity index (χ1) is 9.08. The molecule has 3 unspecified atom stereocenters. The SMILES string of the molecule is CCc1nn(CC)c(CC(O)C2CCOC2C)c1Br. The normalized spacial score (nSPS) is 24.9. The summed E-state index contributed by atoms with van der Waals surface area (Å²) in [5.74, 6) is 0.234. The summed E-state index contributed by atoms with van der Waals surface area (Å²) in [6.45, 7) is 7.81. The highest BCUT2D eigenvalue weighted by atomic mass is 79.9. The van der Waals surface area contributed by atoms with Crippen LogP contribution in [0.5, 0.6) is 0 Å². The van der Waals surface area contributed by atoms with Crippen LogP contribution in [0.1, 0.15) is 38.6 Å². The van der Waals surface area contributed by atoms with Crippen LogP contribution in [0.3, 0.4) is 0 Å². The third-order valence-corrected chi connectivity index (χ3v) is 4.94. The van der Waals surface area contributed by atoms with E-state index in [1.807, 2.05) is 11.6 Å². The molecule has 19 heavy (non-hydrogen) atoms. The summed E-state index contributed by atoms with van der Waals surface area (Å²) in [6.07, 6.45) is 2.28. The van der Waals surface area contributed by atoms with Gasteiger partial charge in [0.1, 0.15) is 0 Å². The van der Waals surface area contributed by atoms with Crippen LogP contribution in [0.25, 0.3) is 0 Å². The molecule has 1 N–H and O–H groups in total. The molecular weight excluding hydrogens is 308 g/mol. The first-order valence-electron chi connectivity index (χ1n) is 7.12. The highest BCUT2D eigenvalue weighted by Crippen LogP contribution is 2.29. The highest BCUT2D eigenvalue weighted by molar-refractivity contribution is 9.10. The predicted molar refractivity (Wildman–Crippen MR) is 78.2 cm³/mol. The maximum atomic E-state index is 10.5.